The van der Waals surface area contributed by atoms with Gasteiger partial charge in [-0.3, -0.25) is 9.59 Å². The maximum atomic E-state index is 13.0. The van der Waals surface area contributed by atoms with Crippen molar-refractivity contribution in [1.82, 2.24) is 9.97 Å². The first kappa shape index (κ1) is 17.2. The van der Waals surface area contributed by atoms with Crippen molar-refractivity contribution in [1.29, 1.82) is 0 Å². The number of rotatable bonds is 4. The number of hydrogen-bond acceptors (Lipinski definition) is 4. The van der Waals surface area contributed by atoms with E-state index in [9.17, 15) is 14.0 Å². The smallest absolute Gasteiger partial charge is 0.258 e. The average molecular weight is 350 g/mol. The van der Waals surface area contributed by atoms with Crippen LogP contribution in [0.4, 0.5) is 15.8 Å². The zero-order valence-corrected chi connectivity index (χ0v) is 13.9. The Morgan fingerprint density at radius 2 is 1.38 bits per heavy atom. The Labute approximate surface area is 149 Å². The molecule has 0 saturated heterocycles. The SMILES string of the molecule is CC(=O)Nc1ccc(NC(=O)c2cnc(-c3ccc(F)cc3)nc2)cc1. The summed E-state index contributed by atoms with van der Waals surface area (Å²) in [5.41, 5.74) is 2.17. The molecular weight excluding hydrogens is 335 g/mol. The molecule has 0 aliphatic carbocycles. The molecule has 0 unspecified atom stereocenters. The highest BCUT2D eigenvalue weighted by Gasteiger charge is 2.09. The molecule has 0 saturated carbocycles. The molecule has 7 heteroatoms. The number of carbonyl (C=O) groups is 2. The van der Waals surface area contributed by atoms with Crippen molar-refractivity contribution in [3.8, 4) is 11.4 Å². The first-order valence-electron chi connectivity index (χ1n) is 7.78. The molecule has 0 aliphatic rings. The molecule has 0 radical (unpaired) electrons. The molecular formula is C19H15FN4O2. The van der Waals surface area contributed by atoms with Gasteiger partial charge in [0.2, 0.25) is 5.91 Å². The second kappa shape index (κ2) is 7.52. The summed E-state index contributed by atoms with van der Waals surface area (Å²) in [7, 11) is 0. The lowest BCUT2D eigenvalue weighted by atomic mass is 10.2. The van der Waals surface area contributed by atoms with Crippen LogP contribution in [0.5, 0.6) is 0 Å². The average Bonchev–Trinajstić information content (AvgIpc) is 2.64. The van der Waals surface area contributed by atoms with Gasteiger partial charge in [0.25, 0.3) is 5.91 Å². The highest BCUT2D eigenvalue weighted by molar-refractivity contribution is 6.04. The number of anilines is 2. The van der Waals surface area contributed by atoms with Gasteiger partial charge in [-0.1, -0.05) is 0 Å². The normalized spacial score (nSPS) is 10.2. The quantitative estimate of drug-likeness (QED) is 0.754. The number of nitrogens with one attached hydrogen (secondary N) is 2. The Balaban J connectivity index is 1.68. The second-order valence-electron chi connectivity index (χ2n) is 5.51. The summed E-state index contributed by atoms with van der Waals surface area (Å²) < 4.78 is 13.0. The predicted octanol–water partition coefficient (Wildman–Crippen LogP) is 3.49. The molecule has 3 aromatic rings. The number of carbonyl (C=O) groups excluding carboxylic acids is 2. The van der Waals surface area contributed by atoms with E-state index < -0.39 is 0 Å². The van der Waals surface area contributed by atoms with Gasteiger partial charge in [0.1, 0.15) is 5.82 Å². The van der Waals surface area contributed by atoms with Crippen LogP contribution < -0.4 is 10.6 Å². The van der Waals surface area contributed by atoms with E-state index >= 15 is 0 Å². The fourth-order valence-electron chi connectivity index (χ4n) is 2.24. The van der Waals surface area contributed by atoms with E-state index in [0.29, 0.717) is 28.3 Å². The van der Waals surface area contributed by atoms with E-state index in [1.807, 2.05) is 0 Å². The van der Waals surface area contributed by atoms with Crippen molar-refractivity contribution in [2.45, 2.75) is 6.92 Å². The lowest BCUT2D eigenvalue weighted by molar-refractivity contribution is -0.114. The number of nitrogens with zero attached hydrogens (tertiary/aromatic N) is 2. The third kappa shape index (κ3) is 4.27. The van der Waals surface area contributed by atoms with Crippen molar-refractivity contribution in [3.05, 3.63) is 72.3 Å². The molecule has 1 aromatic heterocycles. The zero-order chi connectivity index (χ0) is 18.5. The molecule has 0 spiro atoms. The third-order valence-electron chi connectivity index (χ3n) is 3.48. The van der Waals surface area contributed by atoms with E-state index in [2.05, 4.69) is 20.6 Å². The van der Waals surface area contributed by atoms with Gasteiger partial charge in [-0.05, 0) is 48.5 Å². The predicted molar refractivity (Wildman–Crippen MR) is 96.1 cm³/mol. The van der Waals surface area contributed by atoms with Crippen molar-refractivity contribution in [3.63, 3.8) is 0 Å². The molecule has 6 nitrogen and oxygen atoms in total. The zero-order valence-electron chi connectivity index (χ0n) is 13.9. The minimum absolute atomic E-state index is 0.167. The van der Waals surface area contributed by atoms with E-state index in [-0.39, 0.29) is 17.6 Å². The molecule has 2 N–H and O–H groups in total. The maximum Gasteiger partial charge on any atom is 0.258 e. The van der Waals surface area contributed by atoms with E-state index in [1.54, 1.807) is 36.4 Å². The van der Waals surface area contributed by atoms with Gasteiger partial charge in [0, 0.05) is 36.3 Å². The lowest BCUT2D eigenvalue weighted by Gasteiger charge is -2.07. The summed E-state index contributed by atoms with van der Waals surface area (Å²) in [6, 6.07) is 12.5. The van der Waals surface area contributed by atoms with Gasteiger partial charge >= 0.3 is 0 Å². The van der Waals surface area contributed by atoms with Crippen LogP contribution in [0.25, 0.3) is 11.4 Å². The maximum absolute atomic E-state index is 13.0. The van der Waals surface area contributed by atoms with Crippen LogP contribution in [0.3, 0.4) is 0 Å². The number of amides is 2. The van der Waals surface area contributed by atoms with Crippen molar-refractivity contribution in [2.24, 2.45) is 0 Å². The summed E-state index contributed by atoms with van der Waals surface area (Å²) in [5.74, 6) is -0.460. The van der Waals surface area contributed by atoms with Crippen LogP contribution in [-0.4, -0.2) is 21.8 Å². The summed E-state index contributed by atoms with van der Waals surface area (Å²) in [4.78, 5) is 31.5. The van der Waals surface area contributed by atoms with Crippen LogP contribution in [0.1, 0.15) is 17.3 Å². The summed E-state index contributed by atoms with van der Waals surface area (Å²) in [6.07, 6.45) is 2.82. The van der Waals surface area contributed by atoms with Crippen molar-refractivity contribution >= 4 is 23.2 Å². The van der Waals surface area contributed by atoms with Gasteiger partial charge in [0.15, 0.2) is 5.82 Å². The van der Waals surface area contributed by atoms with E-state index in [1.165, 1.54) is 31.5 Å². The van der Waals surface area contributed by atoms with Crippen molar-refractivity contribution < 1.29 is 14.0 Å². The number of benzene rings is 2. The Kier molecular flexibility index (Phi) is 4.98. The van der Waals surface area contributed by atoms with Gasteiger partial charge in [-0.15, -0.1) is 0 Å². The van der Waals surface area contributed by atoms with Crippen LogP contribution in [-0.2, 0) is 4.79 Å². The van der Waals surface area contributed by atoms with Gasteiger partial charge in [-0.2, -0.15) is 0 Å². The Morgan fingerprint density at radius 1 is 0.846 bits per heavy atom. The van der Waals surface area contributed by atoms with E-state index in [4.69, 9.17) is 0 Å². The van der Waals surface area contributed by atoms with Gasteiger partial charge in [0.05, 0.1) is 5.56 Å². The highest BCUT2D eigenvalue weighted by atomic mass is 19.1. The molecule has 1 heterocycles. The molecule has 3 rings (SSSR count). The molecule has 26 heavy (non-hydrogen) atoms. The lowest BCUT2D eigenvalue weighted by Crippen LogP contribution is -2.13. The first-order valence-corrected chi connectivity index (χ1v) is 7.78. The van der Waals surface area contributed by atoms with Crippen molar-refractivity contribution in [2.75, 3.05) is 10.6 Å². The molecule has 0 atom stereocenters. The highest BCUT2D eigenvalue weighted by Crippen LogP contribution is 2.16. The van der Waals surface area contributed by atoms with Gasteiger partial charge in [-0.25, -0.2) is 14.4 Å². The molecule has 0 aliphatic heterocycles. The minimum atomic E-state index is -0.358. The topological polar surface area (TPSA) is 84.0 Å². The van der Waals surface area contributed by atoms with E-state index in [0.717, 1.165) is 0 Å². The van der Waals surface area contributed by atoms with Gasteiger partial charge < -0.3 is 10.6 Å². The minimum Gasteiger partial charge on any atom is -0.326 e. The van der Waals surface area contributed by atoms with Crippen LogP contribution >= 0.6 is 0 Å². The number of aromatic nitrogens is 2. The summed E-state index contributed by atoms with van der Waals surface area (Å²) in [6.45, 7) is 1.42. The summed E-state index contributed by atoms with van der Waals surface area (Å²) in [5, 5.41) is 5.37. The second-order valence-corrected chi connectivity index (χ2v) is 5.51. The molecule has 130 valence electrons. The first-order chi connectivity index (χ1) is 12.5. The Bertz CT molecular complexity index is 923. The van der Waals surface area contributed by atoms with Crippen LogP contribution in [0, 0.1) is 5.82 Å². The molecule has 2 aromatic carbocycles. The number of hydrogen-bond donors (Lipinski definition) is 2. The molecule has 0 bridgehead atoms. The molecule has 0 fully saturated rings. The summed E-state index contributed by atoms with van der Waals surface area (Å²) >= 11 is 0. The Morgan fingerprint density at radius 3 is 1.92 bits per heavy atom. The fraction of sp³-hybridized carbons (Fsp3) is 0.0526. The monoisotopic (exact) mass is 350 g/mol. The Hall–Kier alpha value is -3.61. The third-order valence-corrected chi connectivity index (χ3v) is 3.48. The number of halogens is 1. The standard InChI is InChI=1S/C19H15FN4O2/c1-12(25)23-16-6-8-17(9-7-16)24-19(26)14-10-21-18(22-11-14)13-2-4-15(20)5-3-13/h2-11H,1H3,(H,23,25)(H,24,26). The molecule has 2 amide bonds. The fourth-order valence-corrected chi connectivity index (χ4v) is 2.24. The van der Waals surface area contributed by atoms with Crippen LogP contribution in [0.15, 0.2) is 60.9 Å². The van der Waals surface area contributed by atoms with Crippen LogP contribution in [0.2, 0.25) is 0 Å². The largest absolute Gasteiger partial charge is 0.326 e.